The molecule has 10 heteroatoms. The van der Waals surface area contributed by atoms with Crippen molar-refractivity contribution < 1.29 is 22.7 Å². The van der Waals surface area contributed by atoms with Gasteiger partial charge in [0.05, 0.1) is 30.2 Å². The van der Waals surface area contributed by atoms with Gasteiger partial charge in [0.25, 0.3) is 5.91 Å². The molecule has 2 aromatic rings. The summed E-state index contributed by atoms with van der Waals surface area (Å²) in [4.78, 5) is 30.0. The quantitative estimate of drug-likeness (QED) is 0.508. The van der Waals surface area contributed by atoms with Crippen molar-refractivity contribution in [2.45, 2.75) is 45.1 Å². The molecule has 36 heavy (non-hydrogen) atoms. The van der Waals surface area contributed by atoms with Gasteiger partial charge in [-0.2, -0.15) is 4.31 Å². The van der Waals surface area contributed by atoms with Gasteiger partial charge in [-0.3, -0.25) is 14.5 Å². The molecule has 2 aromatic carbocycles. The molecule has 2 fully saturated rings. The standard InChI is InChI=1S/C26H32ClN3O5S/c1-17-15-18(2)20(4)25(19(17)3)36(33,34)29(10-9-28-11-13-35-14-12-28)23-16-24(31)30(26(23)32)22-7-5-21(27)6-8-22/h5-8,15,23H,9-14,16H2,1-4H3. The summed E-state index contributed by atoms with van der Waals surface area (Å²) in [6.45, 7) is 10.4. The van der Waals surface area contributed by atoms with Crippen molar-refractivity contribution in [3.05, 3.63) is 57.6 Å². The molecule has 1 unspecified atom stereocenters. The van der Waals surface area contributed by atoms with Gasteiger partial charge in [-0.05, 0) is 74.2 Å². The van der Waals surface area contributed by atoms with Crippen LogP contribution in [0.5, 0.6) is 0 Å². The van der Waals surface area contributed by atoms with E-state index in [1.54, 1.807) is 38.1 Å². The maximum absolute atomic E-state index is 14.3. The predicted molar refractivity (Wildman–Crippen MR) is 139 cm³/mol. The smallest absolute Gasteiger partial charge is 0.252 e. The lowest BCUT2D eigenvalue weighted by Crippen LogP contribution is -2.49. The Bertz CT molecular complexity index is 1250. The summed E-state index contributed by atoms with van der Waals surface area (Å²) in [6.07, 6.45) is -0.216. The third-order valence-electron chi connectivity index (χ3n) is 7.16. The first-order chi connectivity index (χ1) is 17.0. The number of amides is 2. The molecule has 0 N–H and O–H groups in total. The van der Waals surface area contributed by atoms with Crippen LogP contribution in [0.1, 0.15) is 28.7 Å². The zero-order valence-corrected chi connectivity index (χ0v) is 22.7. The number of nitrogens with zero attached hydrogens (tertiary/aromatic N) is 3. The molecule has 2 heterocycles. The van der Waals surface area contributed by atoms with E-state index in [4.69, 9.17) is 16.3 Å². The minimum absolute atomic E-state index is 0.0896. The zero-order valence-electron chi connectivity index (χ0n) is 21.1. The summed E-state index contributed by atoms with van der Waals surface area (Å²) < 4.78 is 35.2. The highest BCUT2D eigenvalue weighted by molar-refractivity contribution is 7.89. The molecule has 0 saturated carbocycles. The lowest BCUT2D eigenvalue weighted by molar-refractivity contribution is -0.122. The van der Waals surface area contributed by atoms with Crippen LogP contribution in [0.3, 0.4) is 0 Å². The number of aryl methyl sites for hydroxylation is 2. The Labute approximate surface area is 217 Å². The molecule has 0 spiro atoms. The second-order valence-electron chi connectivity index (χ2n) is 9.42. The van der Waals surface area contributed by atoms with E-state index in [0.717, 1.165) is 16.0 Å². The van der Waals surface area contributed by atoms with E-state index in [1.807, 2.05) is 19.9 Å². The van der Waals surface area contributed by atoms with Crippen LogP contribution in [0.2, 0.25) is 5.02 Å². The Morgan fingerprint density at radius 2 is 1.58 bits per heavy atom. The van der Waals surface area contributed by atoms with E-state index in [1.165, 1.54) is 4.31 Å². The number of rotatable bonds is 7. The van der Waals surface area contributed by atoms with Gasteiger partial charge >= 0.3 is 0 Å². The number of sulfonamides is 1. The third kappa shape index (κ3) is 5.08. The van der Waals surface area contributed by atoms with Gasteiger partial charge in [-0.1, -0.05) is 17.7 Å². The minimum atomic E-state index is -4.11. The largest absolute Gasteiger partial charge is 0.379 e. The minimum Gasteiger partial charge on any atom is -0.379 e. The predicted octanol–water partition coefficient (Wildman–Crippen LogP) is 3.23. The molecule has 0 radical (unpaired) electrons. The molecule has 0 aromatic heterocycles. The Balaban J connectivity index is 1.74. The SMILES string of the molecule is Cc1cc(C)c(C)c(S(=O)(=O)N(CCN2CCOCC2)C2CC(=O)N(c3ccc(Cl)cc3)C2=O)c1C. The van der Waals surface area contributed by atoms with Gasteiger partial charge in [-0.25, -0.2) is 13.3 Å². The number of anilines is 1. The molecule has 2 amide bonds. The van der Waals surface area contributed by atoms with Crippen molar-refractivity contribution in [1.82, 2.24) is 9.21 Å². The Morgan fingerprint density at radius 1 is 1.00 bits per heavy atom. The summed E-state index contributed by atoms with van der Waals surface area (Å²) in [5.74, 6) is -0.986. The van der Waals surface area contributed by atoms with Crippen molar-refractivity contribution in [2.24, 2.45) is 0 Å². The number of hydrogen-bond donors (Lipinski definition) is 0. The topological polar surface area (TPSA) is 87.2 Å². The van der Waals surface area contributed by atoms with E-state index < -0.39 is 27.9 Å². The maximum Gasteiger partial charge on any atom is 0.252 e. The lowest BCUT2D eigenvalue weighted by Gasteiger charge is -2.32. The first kappa shape index (κ1) is 26.8. The number of halogens is 1. The molecular formula is C26H32ClN3O5S. The number of benzene rings is 2. The van der Waals surface area contributed by atoms with Crippen LogP contribution in [0, 0.1) is 27.7 Å². The van der Waals surface area contributed by atoms with Crippen molar-refractivity contribution in [3.8, 4) is 0 Å². The van der Waals surface area contributed by atoms with Gasteiger partial charge in [0.15, 0.2) is 0 Å². The Hall–Kier alpha value is -2.30. The van der Waals surface area contributed by atoms with E-state index >= 15 is 0 Å². The number of morpholine rings is 1. The molecule has 0 bridgehead atoms. The van der Waals surface area contributed by atoms with Crippen LogP contribution < -0.4 is 4.90 Å². The molecule has 0 aliphatic carbocycles. The third-order valence-corrected chi connectivity index (χ3v) is 9.59. The van der Waals surface area contributed by atoms with Gasteiger partial charge in [0, 0.05) is 31.2 Å². The lowest BCUT2D eigenvalue weighted by atomic mass is 10.0. The fourth-order valence-corrected chi connectivity index (χ4v) is 7.17. The maximum atomic E-state index is 14.3. The number of ether oxygens (including phenoxy) is 1. The molecule has 2 aliphatic rings. The van der Waals surface area contributed by atoms with Crippen LogP contribution in [0.4, 0.5) is 5.69 Å². The summed E-state index contributed by atoms with van der Waals surface area (Å²) in [5.41, 5.74) is 3.41. The monoisotopic (exact) mass is 533 g/mol. The molecule has 8 nitrogen and oxygen atoms in total. The fraction of sp³-hybridized carbons (Fsp3) is 0.462. The van der Waals surface area contributed by atoms with Crippen LogP contribution in [-0.2, 0) is 24.3 Å². The van der Waals surface area contributed by atoms with E-state index in [9.17, 15) is 18.0 Å². The van der Waals surface area contributed by atoms with Crippen LogP contribution in [-0.4, -0.2) is 74.9 Å². The number of carbonyl (C=O) groups is 2. The summed E-state index contributed by atoms with van der Waals surface area (Å²) in [5, 5.41) is 0.477. The van der Waals surface area contributed by atoms with Crippen molar-refractivity contribution >= 4 is 39.1 Å². The summed E-state index contributed by atoms with van der Waals surface area (Å²) >= 11 is 5.98. The summed E-state index contributed by atoms with van der Waals surface area (Å²) in [7, 11) is -4.11. The van der Waals surface area contributed by atoms with Gasteiger partial charge < -0.3 is 4.74 Å². The molecule has 2 saturated heterocycles. The van der Waals surface area contributed by atoms with E-state index in [0.29, 0.717) is 54.7 Å². The highest BCUT2D eigenvalue weighted by atomic mass is 35.5. The highest BCUT2D eigenvalue weighted by Crippen LogP contribution is 2.33. The molecule has 4 rings (SSSR count). The van der Waals surface area contributed by atoms with Crippen LogP contribution in [0.25, 0.3) is 0 Å². The first-order valence-corrected chi connectivity index (χ1v) is 13.9. The number of imide groups is 1. The highest BCUT2D eigenvalue weighted by Gasteiger charge is 2.47. The van der Waals surface area contributed by atoms with Gasteiger partial charge in [0.2, 0.25) is 15.9 Å². The normalized spacial score (nSPS) is 19.5. The molecule has 1 atom stereocenters. The average molecular weight is 534 g/mol. The average Bonchev–Trinajstić information content (AvgIpc) is 3.12. The van der Waals surface area contributed by atoms with Crippen LogP contribution in [0.15, 0.2) is 35.2 Å². The van der Waals surface area contributed by atoms with Crippen molar-refractivity contribution in [3.63, 3.8) is 0 Å². The second kappa shape index (κ2) is 10.6. The van der Waals surface area contributed by atoms with Gasteiger partial charge in [0.1, 0.15) is 6.04 Å². The Morgan fingerprint density at radius 3 is 2.17 bits per heavy atom. The molecule has 194 valence electrons. The van der Waals surface area contributed by atoms with Crippen molar-refractivity contribution in [1.29, 1.82) is 0 Å². The summed E-state index contributed by atoms with van der Waals surface area (Å²) in [6, 6.07) is 7.21. The van der Waals surface area contributed by atoms with E-state index in [-0.39, 0.29) is 17.9 Å². The van der Waals surface area contributed by atoms with E-state index in [2.05, 4.69) is 4.90 Å². The number of hydrogen-bond acceptors (Lipinski definition) is 6. The zero-order chi connectivity index (χ0) is 26.2. The fourth-order valence-electron chi connectivity index (χ4n) is 4.90. The second-order valence-corrected chi connectivity index (χ2v) is 11.7. The Kier molecular flexibility index (Phi) is 7.87. The van der Waals surface area contributed by atoms with Gasteiger partial charge in [-0.15, -0.1) is 0 Å². The first-order valence-electron chi connectivity index (χ1n) is 12.0. The molecule has 2 aliphatic heterocycles. The number of carbonyl (C=O) groups excluding carboxylic acids is 2. The van der Waals surface area contributed by atoms with Crippen LogP contribution >= 0.6 is 11.6 Å². The van der Waals surface area contributed by atoms with Crippen molar-refractivity contribution in [2.75, 3.05) is 44.3 Å². The molecular weight excluding hydrogens is 502 g/mol.